The quantitative estimate of drug-likeness (QED) is 0.921. The van der Waals surface area contributed by atoms with Crippen LogP contribution in [0.2, 0.25) is 0 Å². The lowest BCUT2D eigenvalue weighted by molar-refractivity contribution is -0.138. The number of hydrogen-bond acceptors (Lipinski definition) is 3. The average Bonchev–Trinajstić information content (AvgIpc) is 2.37. The number of rotatable bonds is 4. The summed E-state index contributed by atoms with van der Waals surface area (Å²) < 4.78 is 52.4. The lowest BCUT2D eigenvalue weighted by Gasteiger charge is -2.33. The minimum absolute atomic E-state index is 0.151. The summed E-state index contributed by atoms with van der Waals surface area (Å²) in [6.07, 6.45) is 1.41. The molecule has 1 aliphatic rings. The lowest BCUT2D eigenvalue weighted by atomic mass is 10.0. The molecule has 0 aliphatic carbocycles. The largest absolute Gasteiger partial charge is 0.481 e. The summed E-state index contributed by atoms with van der Waals surface area (Å²) in [4.78, 5) is 10.4. The van der Waals surface area contributed by atoms with E-state index < -0.39 is 38.6 Å². The van der Waals surface area contributed by atoms with Crippen molar-refractivity contribution in [2.24, 2.45) is 0 Å². The lowest BCUT2D eigenvalue weighted by Crippen LogP contribution is -2.44. The Labute approximate surface area is 121 Å². The average molecular weight is 319 g/mol. The highest BCUT2D eigenvalue weighted by molar-refractivity contribution is 7.89. The zero-order chi connectivity index (χ0) is 15.6. The summed E-state index contributed by atoms with van der Waals surface area (Å²) >= 11 is 0. The van der Waals surface area contributed by atoms with E-state index in [4.69, 9.17) is 5.11 Å². The third kappa shape index (κ3) is 3.56. The summed E-state index contributed by atoms with van der Waals surface area (Å²) in [5, 5.41) is 8.87. The molecule has 0 spiro atoms. The molecule has 5 nitrogen and oxygen atoms in total. The molecule has 1 aromatic carbocycles. The van der Waals surface area contributed by atoms with Gasteiger partial charge in [-0.2, -0.15) is 4.31 Å². The van der Waals surface area contributed by atoms with E-state index in [1.807, 2.05) is 0 Å². The van der Waals surface area contributed by atoms with Crippen LogP contribution in [0.4, 0.5) is 8.78 Å². The molecule has 116 valence electrons. The van der Waals surface area contributed by atoms with Crippen LogP contribution in [0.15, 0.2) is 23.1 Å². The highest BCUT2D eigenvalue weighted by atomic mass is 32.2. The number of hydrogen-bond donors (Lipinski definition) is 1. The van der Waals surface area contributed by atoms with Crippen LogP contribution in [0, 0.1) is 11.6 Å². The molecular weight excluding hydrogens is 304 g/mol. The second-order valence-electron chi connectivity index (χ2n) is 4.97. The monoisotopic (exact) mass is 319 g/mol. The summed E-state index contributed by atoms with van der Waals surface area (Å²) in [6.45, 7) is 0.151. The van der Waals surface area contributed by atoms with E-state index in [2.05, 4.69) is 0 Å². The van der Waals surface area contributed by atoms with E-state index in [1.165, 1.54) is 0 Å². The Balaban J connectivity index is 2.37. The summed E-state index contributed by atoms with van der Waals surface area (Å²) in [6, 6.07) is 1.38. The molecule has 0 saturated carbocycles. The predicted molar refractivity (Wildman–Crippen MR) is 70.1 cm³/mol. The van der Waals surface area contributed by atoms with Crippen molar-refractivity contribution in [1.82, 2.24) is 4.31 Å². The van der Waals surface area contributed by atoms with Gasteiger partial charge >= 0.3 is 5.97 Å². The molecule has 21 heavy (non-hydrogen) atoms. The minimum atomic E-state index is -4.11. The van der Waals surface area contributed by atoms with E-state index in [0.717, 1.165) is 22.9 Å². The first-order valence-corrected chi connectivity index (χ1v) is 7.94. The SMILES string of the molecule is O=C(O)CC1CCCCN1S(=O)(=O)c1cc(F)cc(F)c1. The third-order valence-electron chi connectivity index (χ3n) is 3.43. The van der Waals surface area contributed by atoms with Gasteiger partial charge < -0.3 is 5.11 Å². The van der Waals surface area contributed by atoms with Gasteiger partial charge in [0.15, 0.2) is 0 Å². The maximum absolute atomic E-state index is 13.2. The maximum Gasteiger partial charge on any atom is 0.304 e. The number of carboxylic acid groups (broad SMARTS) is 1. The fourth-order valence-corrected chi connectivity index (χ4v) is 4.24. The van der Waals surface area contributed by atoms with Gasteiger partial charge in [0.1, 0.15) is 11.6 Å². The Kier molecular flexibility index (Phi) is 4.58. The van der Waals surface area contributed by atoms with Gasteiger partial charge in [0, 0.05) is 18.7 Å². The Morgan fingerprint density at radius 1 is 1.24 bits per heavy atom. The van der Waals surface area contributed by atoms with Gasteiger partial charge in [-0.3, -0.25) is 4.79 Å². The number of carbonyl (C=O) groups is 1. The number of sulfonamides is 1. The van der Waals surface area contributed by atoms with E-state index in [1.54, 1.807) is 0 Å². The normalized spacial score (nSPS) is 20.4. The molecule has 0 bridgehead atoms. The molecule has 1 atom stereocenters. The van der Waals surface area contributed by atoms with Gasteiger partial charge in [-0.1, -0.05) is 6.42 Å². The van der Waals surface area contributed by atoms with Crippen molar-refractivity contribution in [2.75, 3.05) is 6.54 Å². The van der Waals surface area contributed by atoms with Crippen LogP contribution >= 0.6 is 0 Å². The number of carboxylic acids is 1. The fraction of sp³-hybridized carbons (Fsp3) is 0.462. The molecule has 2 rings (SSSR count). The van der Waals surface area contributed by atoms with Crippen LogP contribution in [-0.4, -0.2) is 36.4 Å². The van der Waals surface area contributed by atoms with E-state index in [-0.39, 0.29) is 13.0 Å². The molecular formula is C13H15F2NO4S. The Morgan fingerprint density at radius 2 is 1.86 bits per heavy atom. The van der Waals surface area contributed by atoms with E-state index >= 15 is 0 Å². The van der Waals surface area contributed by atoms with Crippen LogP contribution in [0.1, 0.15) is 25.7 Å². The maximum atomic E-state index is 13.2. The summed E-state index contributed by atoms with van der Waals surface area (Å²) in [7, 11) is -4.11. The van der Waals surface area contributed by atoms with Gasteiger partial charge in [0.05, 0.1) is 11.3 Å². The van der Waals surface area contributed by atoms with E-state index in [9.17, 15) is 22.0 Å². The zero-order valence-electron chi connectivity index (χ0n) is 11.1. The molecule has 1 fully saturated rings. The first-order chi connectivity index (χ1) is 9.80. The smallest absolute Gasteiger partial charge is 0.304 e. The van der Waals surface area contributed by atoms with Gasteiger partial charge in [-0.15, -0.1) is 0 Å². The second-order valence-corrected chi connectivity index (χ2v) is 6.86. The predicted octanol–water partition coefficient (Wildman–Crippen LogP) is 1.98. The van der Waals surface area contributed by atoms with Crippen molar-refractivity contribution >= 4 is 16.0 Å². The van der Waals surface area contributed by atoms with Crippen molar-refractivity contribution in [3.05, 3.63) is 29.8 Å². The fourth-order valence-electron chi connectivity index (χ4n) is 2.51. The number of halogens is 2. The third-order valence-corrected chi connectivity index (χ3v) is 5.36. The van der Waals surface area contributed by atoms with Crippen LogP contribution in [0.5, 0.6) is 0 Å². The molecule has 1 heterocycles. The number of nitrogens with zero attached hydrogens (tertiary/aromatic N) is 1. The van der Waals surface area contributed by atoms with Gasteiger partial charge in [-0.25, -0.2) is 17.2 Å². The number of aliphatic carboxylic acids is 1. The second kappa shape index (κ2) is 6.07. The van der Waals surface area contributed by atoms with Crippen LogP contribution in [0.25, 0.3) is 0 Å². The molecule has 0 aromatic heterocycles. The molecule has 8 heteroatoms. The summed E-state index contributed by atoms with van der Waals surface area (Å²) in [5.74, 6) is -3.08. The van der Waals surface area contributed by atoms with Crippen molar-refractivity contribution < 1.29 is 27.1 Å². The van der Waals surface area contributed by atoms with Crippen molar-refractivity contribution in [3.8, 4) is 0 Å². The minimum Gasteiger partial charge on any atom is -0.481 e. The highest BCUT2D eigenvalue weighted by Gasteiger charge is 2.35. The van der Waals surface area contributed by atoms with Gasteiger partial charge in [-0.05, 0) is 25.0 Å². The molecule has 1 unspecified atom stereocenters. The molecule has 1 saturated heterocycles. The molecule has 1 aliphatic heterocycles. The Bertz CT molecular complexity index is 627. The van der Waals surface area contributed by atoms with Crippen LogP contribution in [0.3, 0.4) is 0 Å². The first-order valence-electron chi connectivity index (χ1n) is 6.50. The molecule has 1 aromatic rings. The van der Waals surface area contributed by atoms with Crippen LogP contribution in [-0.2, 0) is 14.8 Å². The highest BCUT2D eigenvalue weighted by Crippen LogP contribution is 2.27. The Hall–Kier alpha value is -1.54. The molecule has 0 amide bonds. The van der Waals surface area contributed by atoms with Gasteiger partial charge in [0.2, 0.25) is 10.0 Å². The molecule has 1 N–H and O–H groups in total. The summed E-state index contributed by atoms with van der Waals surface area (Å²) in [5.41, 5.74) is 0. The zero-order valence-corrected chi connectivity index (χ0v) is 11.9. The molecule has 0 radical (unpaired) electrons. The Morgan fingerprint density at radius 3 is 2.43 bits per heavy atom. The first kappa shape index (κ1) is 15.8. The standard InChI is InChI=1S/C13H15F2NO4S/c14-9-5-10(15)7-12(6-9)21(19,20)16-4-2-1-3-11(16)8-13(17)18/h5-7,11H,1-4,8H2,(H,17,18). The topological polar surface area (TPSA) is 74.7 Å². The van der Waals surface area contributed by atoms with Crippen molar-refractivity contribution in [2.45, 2.75) is 36.6 Å². The van der Waals surface area contributed by atoms with E-state index in [0.29, 0.717) is 18.9 Å². The van der Waals surface area contributed by atoms with Crippen molar-refractivity contribution in [3.63, 3.8) is 0 Å². The number of piperidine rings is 1. The van der Waals surface area contributed by atoms with Gasteiger partial charge in [0.25, 0.3) is 0 Å². The number of benzene rings is 1. The van der Waals surface area contributed by atoms with Crippen molar-refractivity contribution in [1.29, 1.82) is 0 Å². The van der Waals surface area contributed by atoms with Crippen LogP contribution < -0.4 is 0 Å².